The number of urea groups is 1. The fourth-order valence-electron chi connectivity index (χ4n) is 2.52. The molecule has 0 spiro atoms. The van der Waals surface area contributed by atoms with Crippen molar-refractivity contribution in [2.45, 2.75) is 38.7 Å². The van der Waals surface area contributed by atoms with Gasteiger partial charge in [-0.1, -0.05) is 0 Å². The van der Waals surface area contributed by atoms with Crippen molar-refractivity contribution < 1.29 is 9.90 Å². The van der Waals surface area contributed by atoms with Gasteiger partial charge in [-0.3, -0.25) is 0 Å². The highest BCUT2D eigenvalue weighted by molar-refractivity contribution is 5.73. The molecule has 0 radical (unpaired) electrons. The van der Waals surface area contributed by atoms with E-state index in [1.807, 2.05) is 0 Å². The maximum atomic E-state index is 11.8. The van der Waals surface area contributed by atoms with E-state index in [0.717, 1.165) is 32.0 Å². The van der Waals surface area contributed by atoms with Crippen LogP contribution in [0.2, 0.25) is 0 Å². The number of nitrogens with zero attached hydrogens (tertiary/aromatic N) is 2. The normalized spacial score (nSPS) is 18.4. The maximum absolute atomic E-state index is 11.8. The zero-order valence-corrected chi connectivity index (χ0v) is 12.8. The Morgan fingerprint density at radius 3 is 2.53 bits per heavy atom. The van der Waals surface area contributed by atoms with E-state index in [4.69, 9.17) is 0 Å². The molecule has 5 nitrogen and oxygen atoms in total. The topological polar surface area (TPSA) is 55.8 Å². The minimum absolute atomic E-state index is 0.102. The number of aliphatic hydroxyl groups is 1. The third-order valence-electron chi connectivity index (χ3n) is 3.64. The first-order valence-corrected chi connectivity index (χ1v) is 7.18. The second-order valence-corrected chi connectivity index (χ2v) is 6.44. The Hall–Kier alpha value is -0.810. The number of hydrogen-bond acceptors (Lipinski definition) is 3. The molecule has 1 saturated heterocycles. The van der Waals surface area contributed by atoms with Crippen molar-refractivity contribution in [1.82, 2.24) is 15.1 Å². The smallest absolute Gasteiger partial charge is 0.317 e. The highest BCUT2D eigenvalue weighted by atomic mass is 16.3. The van der Waals surface area contributed by atoms with Gasteiger partial charge < -0.3 is 20.2 Å². The van der Waals surface area contributed by atoms with Crippen molar-refractivity contribution in [2.24, 2.45) is 5.92 Å². The molecule has 0 atom stereocenters. The molecule has 5 heteroatoms. The zero-order chi connectivity index (χ0) is 14.5. The van der Waals surface area contributed by atoms with Gasteiger partial charge in [0.1, 0.15) is 0 Å². The average Bonchev–Trinajstić information content (AvgIpc) is 2.29. The lowest BCUT2D eigenvalue weighted by Crippen LogP contribution is -2.45. The van der Waals surface area contributed by atoms with Crippen molar-refractivity contribution in [3.8, 4) is 0 Å². The zero-order valence-electron chi connectivity index (χ0n) is 12.8. The van der Waals surface area contributed by atoms with Gasteiger partial charge in [-0.2, -0.15) is 0 Å². The second kappa shape index (κ2) is 7.10. The van der Waals surface area contributed by atoms with E-state index in [1.54, 1.807) is 20.9 Å². The predicted molar refractivity (Wildman–Crippen MR) is 77.2 cm³/mol. The summed E-state index contributed by atoms with van der Waals surface area (Å²) in [5, 5.41) is 12.6. The number of nitrogens with one attached hydrogen (secondary N) is 1. The molecule has 0 aromatic carbocycles. The van der Waals surface area contributed by atoms with Crippen molar-refractivity contribution >= 4 is 6.03 Å². The van der Waals surface area contributed by atoms with Gasteiger partial charge >= 0.3 is 6.03 Å². The molecular formula is C14H29N3O2. The van der Waals surface area contributed by atoms with Gasteiger partial charge in [-0.15, -0.1) is 0 Å². The number of hydrogen-bond donors (Lipinski definition) is 2. The van der Waals surface area contributed by atoms with Gasteiger partial charge in [0.25, 0.3) is 0 Å². The van der Waals surface area contributed by atoms with Crippen LogP contribution in [-0.4, -0.2) is 66.8 Å². The minimum atomic E-state index is -0.847. The third-order valence-corrected chi connectivity index (χ3v) is 3.64. The largest absolute Gasteiger partial charge is 0.389 e. The van der Waals surface area contributed by atoms with Crippen LogP contribution < -0.4 is 5.32 Å². The van der Waals surface area contributed by atoms with E-state index in [1.165, 1.54) is 17.7 Å². The Kier molecular flexibility index (Phi) is 6.07. The van der Waals surface area contributed by atoms with E-state index in [9.17, 15) is 9.90 Å². The summed E-state index contributed by atoms with van der Waals surface area (Å²) in [5.74, 6) is 0.732. The van der Waals surface area contributed by atoms with Gasteiger partial charge in [-0.05, 0) is 59.2 Å². The number of carbonyl (C=O) groups excluding carboxylic acids is 1. The first kappa shape index (κ1) is 16.2. The lowest BCUT2D eigenvalue weighted by atomic mass is 9.94. The summed E-state index contributed by atoms with van der Waals surface area (Å²) in [6, 6.07) is -0.102. The molecule has 2 amide bonds. The van der Waals surface area contributed by atoms with Crippen molar-refractivity contribution in [1.29, 1.82) is 0 Å². The molecule has 0 aromatic rings. The minimum Gasteiger partial charge on any atom is -0.389 e. The molecule has 0 aliphatic carbocycles. The lowest BCUT2D eigenvalue weighted by molar-refractivity contribution is 0.0531. The summed E-state index contributed by atoms with van der Waals surface area (Å²) in [4.78, 5) is 15.7. The Bertz CT molecular complexity index is 281. The van der Waals surface area contributed by atoms with Crippen LogP contribution >= 0.6 is 0 Å². The van der Waals surface area contributed by atoms with Gasteiger partial charge in [-0.25, -0.2) is 4.79 Å². The Balaban J connectivity index is 2.16. The highest BCUT2D eigenvalue weighted by Crippen LogP contribution is 2.18. The molecule has 0 unspecified atom stereocenters. The third kappa shape index (κ3) is 6.78. The quantitative estimate of drug-likeness (QED) is 0.788. The summed E-state index contributed by atoms with van der Waals surface area (Å²) < 4.78 is 0. The van der Waals surface area contributed by atoms with Gasteiger partial charge in [0, 0.05) is 13.6 Å². The predicted octanol–water partition coefficient (Wildman–Crippen LogP) is 1.13. The standard InChI is InChI=1S/C14H29N3O2/c1-14(2,19)11-17(4)13(18)15-8-5-12-6-9-16(3)10-7-12/h12,19H,5-11H2,1-4H3,(H,15,18). The summed E-state index contributed by atoms with van der Waals surface area (Å²) in [6.45, 7) is 6.80. The number of likely N-dealkylation sites (tertiary alicyclic amines) is 1. The number of rotatable bonds is 5. The Labute approximate surface area is 117 Å². The second-order valence-electron chi connectivity index (χ2n) is 6.44. The van der Waals surface area contributed by atoms with Crippen molar-refractivity contribution in [3.63, 3.8) is 0 Å². The molecule has 2 N–H and O–H groups in total. The van der Waals surface area contributed by atoms with Crippen LogP contribution in [0.3, 0.4) is 0 Å². The van der Waals surface area contributed by atoms with E-state index < -0.39 is 5.60 Å². The molecule has 19 heavy (non-hydrogen) atoms. The molecule has 0 aromatic heterocycles. The van der Waals surface area contributed by atoms with E-state index in [2.05, 4.69) is 17.3 Å². The number of piperidine rings is 1. The molecule has 1 aliphatic heterocycles. The SMILES string of the molecule is CN1CCC(CCNC(=O)N(C)CC(C)(C)O)CC1. The van der Waals surface area contributed by atoms with Gasteiger partial charge in [0.2, 0.25) is 0 Å². The number of likely N-dealkylation sites (N-methyl/N-ethyl adjacent to an activating group) is 1. The van der Waals surface area contributed by atoms with Crippen LogP contribution in [0, 0.1) is 5.92 Å². The average molecular weight is 271 g/mol. The Morgan fingerprint density at radius 1 is 1.42 bits per heavy atom. The van der Waals surface area contributed by atoms with Crippen LogP contribution in [0.5, 0.6) is 0 Å². The molecule has 1 rings (SSSR count). The lowest BCUT2D eigenvalue weighted by Gasteiger charge is -2.29. The van der Waals surface area contributed by atoms with Crippen LogP contribution in [0.4, 0.5) is 4.79 Å². The summed E-state index contributed by atoms with van der Waals surface area (Å²) >= 11 is 0. The molecule has 1 heterocycles. The monoisotopic (exact) mass is 271 g/mol. The van der Waals surface area contributed by atoms with Crippen molar-refractivity contribution in [3.05, 3.63) is 0 Å². The molecule has 1 fully saturated rings. The van der Waals surface area contributed by atoms with Crippen LogP contribution in [0.15, 0.2) is 0 Å². The van der Waals surface area contributed by atoms with Crippen molar-refractivity contribution in [2.75, 3.05) is 40.3 Å². The van der Waals surface area contributed by atoms with Crippen LogP contribution in [0.25, 0.3) is 0 Å². The fourth-order valence-corrected chi connectivity index (χ4v) is 2.52. The highest BCUT2D eigenvalue weighted by Gasteiger charge is 2.20. The molecule has 112 valence electrons. The summed E-state index contributed by atoms with van der Waals surface area (Å²) in [5.41, 5.74) is -0.847. The van der Waals surface area contributed by atoms with Gasteiger partial charge in [0.05, 0.1) is 12.1 Å². The number of carbonyl (C=O) groups is 1. The summed E-state index contributed by atoms with van der Waals surface area (Å²) in [7, 11) is 3.87. The molecular weight excluding hydrogens is 242 g/mol. The molecule has 1 aliphatic rings. The summed E-state index contributed by atoms with van der Waals surface area (Å²) in [6.07, 6.45) is 3.51. The van der Waals surface area contributed by atoms with Crippen LogP contribution in [0.1, 0.15) is 33.1 Å². The number of amides is 2. The van der Waals surface area contributed by atoms with Gasteiger partial charge in [0.15, 0.2) is 0 Å². The van der Waals surface area contributed by atoms with E-state index >= 15 is 0 Å². The van der Waals surface area contributed by atoms with E-state index in [0.29, 0.717) is 6.54 Å². The Morgan fingerprint density at radius 2 is 2.00 bits per heavy atom. The first-order chi connectivity index (χ1) is 8.78. The first-order valence-electron chi connectivity index (χ1n) is 7.18. The van der Waals surface area contributed by atoms with E-state index in [-0.39, 0.29) is 6.03 Å². The maximum Gasteiger partial charge on any atom is 0.317 e. The van der Waals surface area contributed by atoms with Crippen LogP contribution in [-0.2, 0) is 0 Å². The molecule has 0 bridgehead atoms. The fraction of sp³-hybridized carbons (Fsp3) is 0.929. The molecule has 0 saturated carbocycles.